The van der Waals surface area contributed by atoms with Gasteiger partial charge in [-0.1, -0.05) is 11.6 Å². The molecule has 0 aromatic carbocycles. The van der Waals surface area contributed by atoms with Crippen LogP contribution in [0, 0.1) is 6.92 Å². The van der Waals surface area contributed by atoms with Crippen LogP contribution in [0.2, 0.25) is 5.02 Å². The van der Waals surface area contributed by atoms with Crippen LogP contribution in [0.3, 0.4) is 0 Å². The summed E-state index contributed by atoms with van der Waals surface area (Å²) >= 11 is 13.4. The number of rotatable bonds is 2. The first-order valence-corrected chi connectivity index (χ1v) is 5.75. The minimum Gasteiger partial charge on any atom is -0.442 e. The summed E-state index contributed by atoms with van der Waals surface area (Å²) in [6.07, 6.45) is 1.39. The number of halogens is 2. The number of oxazole rings is 1. The molecule has 2 aromatic rings. The molecule has 14 heavy (non-hydrogen) atoms. The first-order chi connectivity index (χ1) is 6.74. The first-order valence-electron chi connectivity index (χ1n) is 3.96. The summed E-state index contributed by atoms with van der Waals surface area (Å²) in [5, 5.41) is 2.70. The molecule has 0 aliphatic rings. The molecule has 0 spiro atoms. The smallest absolute Gasteiger partial charge is 0.181 e. The molecule has 0 amide bonds. The minimum atomic E-state index is 0.332. The highest BCUT2D eigenvalue weighted by atomic mass is 35.5. The van der Waals surface area contributed by atoms with Gasteiger partial charge in [-0.3, -0.25) is 0 Å². The number of aryl methyl sites for hydroxylation is 1. The first kappa shape index (κ1) is 10.0. The maximum atomic E-state index is 6.11. The summed E-state index contributed by atoms with van der Waals surface area (Å²) in [4.78, 5) is 4.91. The molecule has 2 heterocycles. The van der Waals surface area contributed by atoms with Crippen molar-refractivity contribution in [1.82, 2.24) is 4.98 Å². The van der Waals surface area contributed by atoms with Gasteiger partial charge in [-0.05, 0) is 17.9 Å². The van der Waals surface area contributed by atoms with Gasteiger partial charge in [0.05, 0.1) is 15.8 Å². The van der Waals surface area contributed by atoms with Crippen molar-refractivity contribution < 1.29 is 4.42 Å². The number of aromatic nitrogens is 1. The Kier molecular flexibility index (Phi) is 2.81. The summed E-state index contributed by atoms with van der Waals surface area (Å²) in [5.74, 6) is 1.02. The third-order valence-electron chi connectivity index (χ3n) is 1.87. The highest BCUT2D eigenvalue weighted by Gasteiger charge is 2.16. The van der Waals surface area contributed by atoms with Crippen LogP contribution >= 0.6 is 34.5 Å². The van der Waals surface area contributed by atoms with Crippen molar-refractivity contribution in [2.24, 2.45) is 0 Å². The monoisotopic (exact) mass is 247 g/mol. The maximum absolute atomic E-state index is 6.11. The molecule has 2 rings (SSSR count). The van der Waals surface area contributed by atoms with Crippen molar-refractivity contribution in [3.63, 3.8) is 0 Å². The largest absolute Gasteiger partial charge is 0.442 e. The summed E-state index contributed by atoms with van der Waals surface area (Å²) < 4.78 is 5.27. The predicted molar refractivity (Wildman–Crippen MR) is 59.1 cm³/mol. The Morgan fingerprint density at radius 2 is 2.36 bits per heavy atom. The maximum Gasteiger partial charge on any atom is 0.181 e. The SMILES string of the molecule is Cc1csc(-c2ocnc2CCl)c1Cl. The molecule has 74 valence electrons. The molecular formula is C9H7Cl2NOS. The van der Waals surface area contributed by atoms with E-state index in [-0.39, 0.29) is 0 Å². The van der Waals surface area contributed by atoms with Crippen molar-refractivity contribution in [3.05, 3.63) is 28.1 Å². The van der Waals surface area contributed by atoms with E-state index in [1.807, 2.05) is 12.3 Å². The van der Waals surface area contributed by atoms with Crippen molar-refractivity contribution in [2.45, 2.75) is 12.8 Å². The van der Waals surface area contributed by atoms with E-state index in [2.05, 4.69) is 4.98 Å². The predicted octanol–water partition coefficient (Wildman–Crippen LogP) is 4.10. The van der Waals surface area contributed by atoms with E-state index in [1.165, 1.54) is 17.7 Å². The zero-order valence-corrected chi connectivity index (χ0v) is 9.71. The van der Waals surface area contributed by atoms with Gasteiger partial charge in [-0.2, -0.15) is 0 Å². The van der Waals surface area contributed by atoms with Gasteiger partial charge in [0.25, 0.3) is 0 Å². The van der Waals surface area contributed by atoms with Gasteiger partial charge >= 0.3 is 0 Å². The molecule has 5 heteroatoms. The lowest BCUT2D eigenvalue weighted by Gasteiger charge is -1.95. The zero-order valence-electron chi connectivity index (χ0n) is 7.38. The fourth-order valence-corrected chi connectivity index (χ4v) is 2.61. The molecule has 0 radical (unpaired) electrons. The molecule has 0 bridgehead atoms. The van der Waals surface area contributed by atoms with Gasteiger partial charge < -0.3 is 4.42 Å². The molecule has 0 N–H and O–H groups in total. The number of alkyl halides is 1. The molecule has 2 nitrogen and oxygen atoms in total. The number of nitrogens with zero attached hydrogens (tertiary/aromatic N) is 1. The van der Waals surface area contributed by atoms with Crippen molar-refractivity contribution in [1.29, 1.82) is 0 Å². The lowest BCUT2D eigenvalue weighted by atomic mass is 10.2. The van der Waals surface area contributed by atoms with E-state index in [9.17, 15) is 0 Å². The summed E-state index contributed by atoms with van der Waals surface area (Å²) in [7, 11) is 0. The van der Waals surface area contributed by atoms with E-state index in [1.54, 1.807) is 0 Å². The van der Waals surface area contributed by atoms with E-state index >= 15 is 0 Å². The highest BCUT2D eigenvalue weighted by Crippen LogP contribution is 2.38. The quantitative estimate of drug-likeness (QED) is 0.747. The molecule has 0 saturated heterocycles. The van der Waals surface area contributed by atoms with Crippen LogP contribution < -0.4 is 0 Å². The molecule has 0 fully saturated rings. The Morgan fingerprint density at radius 1 is 1.57 bits per heavy atom. The third-order valence-corrected chi connectivity index (χ3v) is 3.82. The Bertz CT molecular complexity index is 449. The van der Waals surface area contributed by atoms with Crippen LogP contribution in [-0.2, 0) is 5.88 Å². The van der Waals surface area contributed by atoms with Crippen LogP contribution in [-0.4, -0.2) is 4.98 Å². The third kappa shape index (κ3) is 1.56. The standard InChI is InChI=1S/C9H7Cl2NOS/c1-5-3-14-9(7(5)11)8-6(2-10)12-4-13-8/h3-4H,2H2,1H3. The number of hydrogen-bond acceptors (Lipinski definition) is 3. The Hall–Kier alpha value is -0.510. The van der Waals surface area contributed by atoms with E-state index in [4.69, 9.17) is 27.6 Å². The number of thiophene rings is 1. The Balaban J connectivity index is 2.54. The van der Waals surface area contributed by atoms with Crippen LogP contribution in [0.1, 0.15) is 11.3 Å². The van der Waals surface area contributed by atoms with Crippen molar-refractivity contribution in [2.75, 3.05) is 0 Å². The topological polar surface area (TPSA) is 26.0 Å². The summed E-state index contributed by atoms with van der Waals surface area (Å²) in [6.45, 7) is 1.96. The summed E-state index contributed by atoms with van der Waals surface area (Å²) in [5.41, 5.74) is 1.78. The number of hydrogen-bond donors (Lipinski definition) is 0. The van der Waals surface area contributed by atoms with Gasteiger partial charge in [0.1, 0.15) is 5.69 Å². The molecule has 0 atom stereocenters. The van der Waals surface area contributed by atoms with E-state index < -0.39 is 0 Å². The van der Waals surface area contributed by atoms with Gasteiger partial charge in [0, 0.05) is 0 Å². The van der Waals surface area contributed by atoms with Gasteiger partial charge in [-0.25, -0.2) is 4.98 Å². The van der Waals surface area contributed by atoms with Crippen LogP contribution in [0.4, 0.5) is 0 Å². The molecule has 0 unspecified atom stereocenters. The molecule has 0 saturated carbocycles. The zero-order chi connectivity index (χ0) is 10.1. The van der Waals surface area contributed by atoms with Gasteiger partial charge in [-0.15, -0.1) is 22.9 Å². The normalized spacial score (nSPS) is 10.8. The molecule has 2 aromatic heterocycles. The van der Waals surface area contributed by atoms with Crippen LogP contribution in [0.15, 0.2) is 16.2 Å². The second-order valence-electron chi connectivity index (χ2n) is 2.82. The Labute approximate surface area is 95.5 Å². The lowest BCUT2D eigenvalue weighted by molar-refractivity contribution is 0.572. The summed E-state index contributed by atoms with van der Waals surface area (Å²) in [6, 6.07) is 0. The fourth-order valence-electron chi connectivity index (χ4n) is 1.13. The lowest BCUT2D eigenvalue weighted by Crippen LogP contribution is -1.80. The van der Waals surface area contributed by atoms with E-state index in [0.29, 0.717) is 11.6 Å². The van der Waals surface area contributed by atoms with Gasteiger partial charge in [0.15, 0.2) is 12.2 Å². The average Bonchev–Trinajstić information content (AvgIpc) is 2.75. The van der Waals surface area contributed by atoms with E-state index in [0.717, 1.165) is 21.2 Å². The van der Waals surface area contributed by atoms with Crippen LogP contribution in [0.5, 0.6) is 0 Å². The molecule has 0 aliphatic heterocycles. The average molecular weight is 248 g/mol. The van der Waals surface area contributed by atoms with Crippen molar-refractivity contribution in [3.8, 4) is 10.6 Å². The fraction of sp³-hybridized carbons (Fsp3) is 0.222. The Morgan fingerprint density at radius 3 is 2.93 bits per heavy atom. The molecule has 0 aliphatic carbocycles. The highest BCUT2D eigenvalue weighted by molar-refractivity contribution is 7.14. The second-order valence-corrected chi connectivity index (χ2v) is 4.35. The van der Waals surface area contributed by atoms with Gasteiger partial charge in [0.2, 0.25) is 0 Å². The van der Waals surface area contributed by atoms with Crippen molar-refractivity contribution >= 4 is 34.5 Å². The van der Waals surface area contributed by atoms with Crippen LogP contribution in [0.25, 0.3) is 10.6 Å². The minimum absolute atomic E-state index is 0.332. The molecular weight excluding hydrogens is 241 g/mol. The second kappa shape index (κ2) is 3.93.